The van der Waals surface area contributed by atoms with Crippen LogP contribution in [0.4, 0.5) is 0 Å². The summed E-state index contributed by atoms with van der Waals surface area (Å²) in [7, 11) is 0. The van der Waals surface area contributed by atoms with Crippen LogP contribution in [0.1, 0.15) is 0 Å². The molecule has 11 rings (SSSR count). The van der Waals surface area contributed by atoms with E-state index in [2.05, 4.69) is 121 Å². The van der Waals surface area contributed by atoms with Gasteiger partial charge in [-0.05, 0) is 58.7 Å². The number of para-hydroxylation sites is 1. The van der Waals surface area contributed by atoms with E-state index in [1.54, 1.807) is 0 Å². The molecule has 61 heavy (non-hydrogen) atoms. The Morgan fingerprint density at radius 2 is 0.639 bits per heavy atom. The fourth-order valence-corrected chi connectivity index (χ4v) is 7.83. The number of aromatic nitrogens is 5. The minimum absolute atomic E-state index is 0.607. The molecule has 0 atom stereocenters. The van der Waals surface area contributed by atoms with Gasteiger partial charge in [-0.1, -0.05) is 176 Å². The molecule has 0 aliphatic heterocycles. The van der Waals surface area contributed by atoms with Crippen molar-refractivity contribution in [3.8, 4) is 90.3 Å². The van der Waals surface area contributed by atoms with Crippen LogP contribution >= 0.6 is 0 Å². The van der Waals surface area contributed by atoms with Gasteiger partial charge in [0.1, 0.15) is 11.2 Å². The van der Waals surface area contributed by atoms with Crippen LogP contribution in [0, 0.1) is 0 Å². The molecule has 0 radical (unpaired) electrons. The van der Waals surface area contributed by atoms with E-state index in [1.807, 2.05) is 91.0 Å². The molecule has 0 fully saturated rings. The summed E-state index contributed by atoms with van der Waals surface area (Å²) in [4.78, 5) is 25.3. The normalized spacial score (nSPS) is 11.3. The maximum absolute atomic E-state index is 6.30. The molecular formula is C55H35N5O. The number of rotatable bonds is 8. The van der Waals surface area contributed by atoms with Gasteiger partial charge in [0.05, 0.1) is 11.4 Å². The number of benzene rings is 8. The summed E-state index contributed by atoms with van der Waals surface area (Å²) in [5.74, 6) is 2.48. The van der Waals surface area contributed by atoms with Crippen molar-refractivity contribution in [1.82, 2.24) is 24.9 Å². The number of fused-ring (bicyclic) bond motifs is 3. The fourth-order valence-electron chi connectivity index (χ4n) is 7.83. The summed E-state index contributed by atoms with van der Waals surface area (Å²) in [6.45, 7) is 0. The average Bonchev–Trinajstić information content (AvgIpc) is 3.73. The van der Waals surface area contributed by atoms with Crippen molar-refractivity contribution in [3.05, 3.63) is 212 Å². The molecule has 286 valence electrons. The smallest absolute Gasteiger partial charge is 0.164 e. The first-order valence-electron chi connectivity index (χ1n) is 20.2. The summed E-state index contributed by atoms with van der Waals surface area (Å²) in [5.41, 5.74) is 13.3. The van der Waals surface area contributed by atoms with Crippen molar-refractivity contribution < 1.29 is 4.42 Å². The molecule has 6 nitrogen and oxygen atoms in total. The zero-order chi connectivity index (χ0) is 40.5. The van der Waals surface area contributed by atoms with Gasteiger partial charge in [-0.25, -0.2) is 24.9 Å². The van der Waals surface area contributed by atoms with Crippen LogP contribution < -0.4 is 0 Å². The van der Waals surface area contributed by atoms with Crippen molar-refractivity contribution in [2.75, 3.05) is 0 Å². The van der Waals surface area contributed by atoms with E-state index >= 15 is 0 Å². The lowest BCUT2D eigenvalue weighted by Crippen LogP contribution is -2.00. The molecular weight excluding hydrogens is 747 g/mol. The Morgan fingerprint density at radius 3 is 1.30 bits per heavy atom. The highest BCUT2D eigenvalue weighted by molar-refractivity contribution is 6.05. The molecule has 0 aliphatic carbocycles. The molecule has 11 aromatic rings. The highest BCUT2D eigenvalue weighted by Gasteiger charge is 2.16. The van der Waals surface area contributed by atoms with Crippen LogP contribution in [0.25, 0.3) is 112 Å². The Bertz CT molecular complexity index is 3290. The van der Waals surface area contributed by atoms with E-state index < -0.39 is 0 Å². The topological polar surface area (TPSA) is 77.6 Å². The molecule has 0 saturated heterocycles. The van der Waals surface area contributed by atoms with Crippen LogP contribution in [0.3, 0.4) is 0 Å². The number of furan rings is 1. The third-order valence-corrected chi connectivity index (χ3v) is 11.0. The van der Waals surface area contributed by atoms with Crippen LogP contribution in [0.5, 0.6) is 0 Å². The highest BCUT2D eigenvalue weighted by atomic mass is 16.3. The Morgan fingerprint density at radius 1 is 0.230 bits per heavy atom. The first-order chi connectivity index (χ1) is 30.2. The Kier molecular flexibility index (Phi) is 9.06. The molecule has 0 unspecified atom stereocenters. The SMILES string of the molecule is c1ccc(-c2ccc(-c3cc(-c4cccc(-c5cccc(-c6nc(-c7ccccc7)nc(-c7ccccc7)n6)c5)c4)nc(-c4ccc5c(c4)oc4ccccc45)n3)cc2)cc1. The first kappa shape index (κ1) is 35.8. The molecule has 8 aromatic carbocycles. The van der Waals surface area contributed by atoms with Crippen LogP contribution in [0.15, 0.2) is 217 Å². The molecule has 3 heterocycles. The molecule has 0 aliphatic rings. The Hall–Kier alpha value is -8.35. The van der Waals surface area contributed by atoms with Crippen molar-refractivity contribution in [1.29, 1.82) is 0 Å². The summed E-state index contributed by atoms with van der Waals surface area (Å²) < 4.78 is 6.30. The Balaban J connectivity index is 1.00. The van der Waals surface area contributed by atoms with E-state index in [-0.39, 0.29) is 0 Å². The molecule has 0 N–H and O–H groups in total. The van der Waals surface area contributed by atoms with Crippen LogP contribution in [-0.4, -0.2) is 24.9 Å². The van der Waals surface area contributed by atoms with E-state index in [0.717, 1.165) is 83.4 Å². The third-order valence-electron chi connectivity index (χ3n) is 11.0. The predicted molar refractivity (Wildman–Crippen MR) is 246 cm³/mol. The largest absolute Gasteiger partial charge is 0.456 e. The lowest BCUT2D eigenvalue weighted by molar-refractivity contribution is 0.669. The summed E-state index contributed by atoms with van der Waals surface area (Å²) >= 11 is 0. The molecule has 0 bridgehead atoms. The monoisotopic (exact) mass is 781 g/mol. The lowest BCUT2D eigenvalue weighted by Gasteiger charge is -2.12. The first-order valence-corrected chi connectivity index (χ1v) is 20.2. The van der Waals surface area contributed by atoms with Gasteiger partial charge < -0.3 is 4.42 Å². The van der Waals surface area contributed by atoms with Gasteiger partial charge in [-0.2, -0.15) is 0 Å². The van der Waals surface area contributed by atoms with Crippen molar-refractivity contribution >= 4 is 21.9 Å². The Labute approximate surface area is 352 Å². The quantitative estimate of drug-likeness (QED) is 0.153. The minimum Gasteiger partial charge on any atom is -0.456 e. The van der Waals surface area contributed by atoms with Gasteiger partial charge in [0.15, 0.2) is 23.3 Å². The number of hydrogen-bond donors (Lipinski definition) is 0. The molecule has 3 aromatic heterocycles. The van der Waals surface area contributed by atoms with E-state index in [1.165, 1.54) is 5.56 Å². The zero-order valence-electron chi connectivity index (χ0n) is 32.9. The second-order valence-corrected chi connectivity index (χ2v) is 14.9. The lowest BCUT2D eigenvalue weighted by atomic mass is 9.98. The maximum Gasteiger partial charge on any atom is 0.164 e. The van der Waals surface area contributed by atoms with Gasteiger partial charge in [0, 0.05) is 44.2 Å². The summed E-state index contributed by atoms with van der Waals surface area (Å²) in [6, 6.07) is 72.4. The van der Waals surface area contributed by atoms with Crippen molar-refractivity contribution in [2.45, 2.75) is 0 Å². The second-order valence-electron chi connectivity index (χ2n) is 14.9. The van der Waals surface area contributed by atoms with Crippen LogP contribution in [-0.2, 0) is 0 Å². The van der Waals surface area contributed by atoms with Gasteiger partial charge >= 0.3 is 0 Å². The number of hydrogen-bond acceptors (Lipinski definition) is 6. The van der Waals surface area contributed by atoms with Crippen molar-refractivity contribution in [3.63, 3.8) is 0 Å². The van der Waals surface area contributed by atoms with Gasteiger partial charge in [-0.3, -0.25) is 0 Å². The highest BCUT2D eigenvalue weighted by Crippen LogP contribution is 2.35. The minimum atomic E-state index is 0.607. The predicted octanol–water partition coefficient (Wildman–Crippen LogP) is 13.9. The summed E-state index contributed by atoms with van der Waals surface area (Å²) in [6.07, 6.45) is 0. The average molecular weight is 782 g/mol. The van der Waals surface area contributed by atoms with E-state index in [9.17, 15) is 0 Å². The molecule has 0 saturated carbocycles. The third kappa shape index (κ3) is 7.13. The number of nitrogens with zero attached hydrogens (tertiary/aromatic N) is 5. The standard InChI is InChI=1S/C55H35N5O/c1-4-14-36(15-5-1)37-26-28-38(29-27-37)48-35-49(57-54(56-48)45-30-31-47-46-24-10-11-25-50(46)61-51(47)34-45)43-22-12-20-41(32-43)42-21-13-23-44(33-42)55-59-52(39-16-6-2-7-17-39)58-53(60-55)40-18-8-3-9-19-40/h1-35H. The van der Waals surface area contributed by atoms with E-state index in [0.29, 0.717) is 23.3 Å². The van der Waals surface area contributed by atoms with Gasteiger partial charge in [-0.15, -0.1) is 0 Å². The van der Waals surface area contributed by atoms with E-state index in [4.69, 9.17) is 29.3 Å². The molecule has 0 amide bonds. The van der Waals surface area contributed by atoms with Crippen LogP contribution in [0.2, 0.25) is 0 Å². The fraction of sp³-hybridized carbons (Fsp3) is 0. The summed E-state index contributed by atoms with van der Waals surface area (Å²) in [5, 5.41) is 2.15. The second kappa shape index (κ2) is 15.4. The molecule has 6 heteroatoms. The van der Waals surface area contributed by atoms with Crippen molar-refractivity contribution in [2.24, 2.45) is 0 Å². The molecule has 0 spiro atoms. The maximum atomic E-state index is 6.30. The van der Waals surface area contributed by atoms with Gasteiger partial charge in [0.25, 0.3) is 0 Å². The van der Waals surface area contributed by atoms with Gasteiger partial charge in [0.2, 0.25) is 0 Å². The zero-order valence-corrected chi connectivity index (χ0v) is 32.9.